The van der Waals surface area contributed by atoms with Gasteiger partial charge in [-0.05, 0) is 156 Å². The number of nitrogens with zero attached hydrogens (tertiary/aromatic N) is 3. The highest BCUT2D eigenvalue weighted by Crippen LogP contribution is 2.62. The molecular formula is C59H47N3. The Morgan fingerprint density at radius 1 is 0.339 bits per heavy atom. The molecule has 0 bridgehead atoms. The highest BCUT2D eigenvalue weighted by molar-refractivity contribution is 6.00. The Morgan fingerprint density at radius 3 is 1.10 bits per heavy atom. The van der Waals surface area contributed by atoms with Crippen LogP contribution in [0.3, 0.4) is 0 Å². The van der Waals surface area contributed by atoms with Gasteiger partial charge in [-0.1, -0.05) is 133 Å². The van der Waals surface area contributed by atoms with Gasteiger partial charge in [0.15, 0.2) is 0 Å². The van der Waals surface area contributed by atoms with Crippen LogP contribution in [0.25, 0.3) is 22.3 Å². The molecule has 0 radical (unpaired) electrons. The quantitative estimate of drug-likeness (QED) is 0.159. The van der Waals surface area contributed by atoms with Crippen LogP contribution in [0.15, 0.2) is 206 Å². The number of benzene rings is 9. The van der Waals surface area contributed by atoms with Crippen molar-refractivity contribution in [1.29, 1.82) is 0 Å². The van der Waals surface area contributed by atoms with Gasteiger partial charge in [0.25, 0.3) is 0 Å². The molecule has 0 amide bonds. The van der Waals surface area contributed by atoms with Crippen molar-refractivity contribution in [2.45, 2.75) is 33.6 Å². The molecule has 9 aromatic carbocycles. The van der Waals surface area contributed by atoms with E-state index < -0.39 is 0 Å². The van der Waals surface area contributed by atoms with Crippen LogP contribution >= 0.6 is 0 Å². The summed E-state index contributed by atoms with van der Waals surface area (Å²) in [6.45, 7) is 8.93. The average molecular weight is 798 g/mol. The molecule has 0 atom stereocenters. The van der Waals surface area contributed by atoms with Gasteiger partial charge in [-0.3, -0.25) is 0 Å². The third-order valence-corrected chi connectivity index (χ3v) is 12.9. The van der Waals surface area contributed by atoms with Crippen molar-refractivity contribution in [3.05, 3.63) is 245 Å². The molecule has 0 aliphatic carbocycles. The monoisotopic (exact) mass is 797 g/mol. The predicted octanol–water partition coefficient (Wildman–Crippen LogP) is 16.5. The molecule has 2 heterocycles. The zero-order valence-corrected chi connectivity index (χ0v) is 35.5. The first kappa shape index (κ1) is 37.4. The molecule has 298 valence electrons. The van der Waals surface area contributed by atoms with Gasteiger partial charge in [-0.25, -0.2) is 0 Å². The Hall–Kier alpha value is -7.62. The number of hydrogen-bond acceptors (Lipinski definition) is 3. The lowest BCUT2D eigenvalue weighted by molar-refractivity contribution is 0.908. The molecule has 3 heteroatoms. The first-order valence-electron chi connectivity index (χ1n) is 21.6. The number of fused-ring (bicyclic) bond motifs is 4. The Kier molecular flexibility index (Phi) is 9.12. The molecule has 0 saturated heterocycles. The molecule has 3 nitrogen and oxygen atoms in total. The summed E-state index contributed by atoms with van der Waals surface area (Å²) in [4.78, 5) is 7.46. The summed E-state index contributed by atoms with van der Waals surface area (Å²) in [5.41, 5.74) is 24.3. The van der Waals surface area contributed by atoms with E-state index in [0.717, 1.165) is 28.4 Å². The van der Waals surface area contributed by atoms with E-state index in [1.807, 2.05) is 0 Å². The van der Waals surface area contributed by atoms with Crippen molar-refractivity contribution in [2.24, 2.45) is 0 Å². The van der Waals surface area contributed by atoms with E-state index in [9.17, 15) is 0 Å². The molecule has 2 aliphatic rings. The van der Waals surface area contributed by atoms with E-state index in [4.69, 9.17) is 0 Å². The first-order chi connectivity index (χ1) is 30.4. The van der Waals surface area contributed by atoms with Gasteiger partial charge in [0, 0.05) is 34.2 Å². The van der Waals surface area contributed by atoms with Crippen LogP contribution in [-0.2, 0) is 0 Å². The summed E-state index contributed by atoms with van der Waals surface area (Å²) in [5.74, 6) is -0.0279. The largest absolute Gasteiger partial charge is 0.310 e. The Morgan fingerprint density at radius 2 is 0.710 bits per heavy atom. The molecule has 11 rings (SSSR count). The molecule has 0 unspecified atom stereocenters. The Balaban J connectivity index is 1.27. The summed E-state index contributed by atoms with van der Waals surface area (Å²) >= 11 is 0. The van der Waals surface area contributed by atoms with E-state index in [-0.39, 0.29) is 5.92 Å². The standard InChI is InChI=1S/C59H47N3/c1-39-19-17-20-40(2)56(39)43-31-33-50-52(35-43)61(47-27-13-7-14-28-47)54-37-49(60(45-23-9-5-10-24-45)46-25-11-6-12-26-46)38-55-59(54)58(50)51-34-32-44(57-41(3)21-18-22-42(57)4)36-53(51)62(55)48-29-15-8-16-30-48/h5-38,58H,1-4H3. The van der Waals surface area contributed by atoms with Crippen molar-refractivity contribution in [1.82, 2.24) is 0 Å². The number of hydrogen-bond donors (Lipinski definition) is 0. The Bertz CT molecular complexity index is 2870. The van der Waals surface area contributed by atoms with Gasteiger partial charge in [-0.15, -0.1) is 0 Å². The van der Waals surface area contributed by atoms with Crippen LogP contribution in [0.1, 0.15) is 44.9 Å². The SMILES string of the molecule is Cc1cccc(C)c1-c1ccc2c(c1)N(c1ccccc1)c1cc(N(c3ccccc3)c3ccccc3)cc3c1C2c1ccc(-c2c(C)cccc2C)cc1N3c1ccccc1. The first-order valence-corrected chi connectivity index (χ1v) is 21.6. The van der Waals surface area contributed by atoms with Crippen molar-refractivity contribution in [2.75, 3.05) is 14.7 Å². The molecule has 9 aromatic rings. The smallest absolute Gasteiger partial charge is 0.0545 e. The van der Waals surface area contributed by atoms with Crippen molar-refractivity contribution in [3.63, 3.8) is 0 Å². The second-order valence-corrected chi connectivity index (χ2v) is 16.8. The van der Waals surface area contributed by atoms with Crippen LogP contribution in [0.5, 0.6) is 0 Å². The third kappa shape index (κ3) is 6.11. The number of aryl methyl sites for hydroxylation is 4. The van der Waals surface area contributed by atoms with Crippen molar-refractivity contribution in [3.8, 4) is 22.3 Å². The molecule has 0 spiro atoms. The normalized spacial score (nSPS) is 12.7. The minimum Gasteiger partial charge on any atom is -0.310 e. The van der Waals surface area contributed by atoms with E-state index in [1.165, 1.54) is 83.9 Å². The summed E-state index contributed by atoms with van der Waals surface area (Å²) < 4.78 is 0. The van der Waals surface area contributed by atoms with Crippen LogP contribution in [0, 0.1) is 27.7 Å². The minimum absolute atomic E-state index is 0.0279. The fraction of sp³-hybridized carbons (Fsp3) is 0.0847. The van der Waals surface area contributed by atoms with Gasteiger partial charge in [0.2, 0.25) is 0 Å². The molecular weight excluding hydrogens is 751 g/mol. The maximum Gasteiger partial charge on any atom is 0.0545 e. The van der Waals surface area contributed by atoms with E-state index in [0.29, 0.717) is 0 Å². The summed E-state index contributed by atoms with van der Waals surface area (Å²) in [5, 5.41) is 0. The van der Waals surface area contributed by atoms with Crippen molar-refractivity contribution >= 4 is 51.2 Å². The summed E-state index contributed by atoms with van der Waals surface area (Å²) in [6, 6.07) is 76.0. The van der Waals surface area contributed by atoms with Gasteiger partial charge < -0.3 is 14.7 Å². The van der Waals surface area contributed by atoms with Crippen LogP contribution < -0.4 is 14.7 Å². The molecule has 0 aromatic heterocycles. The van der Waals surface area contributed by atoms with Gasteiger partial charge in [0.1, 0.15) is 0 Å². The summed E-state index contributed by atoms with van der Waals surface area (Å²) in [6.07, 6.45) is 0. The Labute approximate surface area is 365 Å². The van der Waals surface area contributed by atoms with E-state index in [1.54, 1.807) is 0 Å². The van der Waals surface area contributed by atoms with Crippen LogP contribution in [0.4, 0.5) is 51.2 Å². The molecule has 0 fully saturated rings. The number of rotatable bonds is 7. The zero-order chi connectivity index (χ0) is 41.9. The number of para-hydroxylation sites is 4. The third-order valence-electron chi connectivity index (χ3n) is 12.9. The highest BCUT2D eigenvalue weighted by atomic mass is 15.2. The highest BCUT2D eigenvalue weighted by Gasteiger charge is 2.42. The average Bonchev–Trinajstić information content (AvgIpc) is 3.30. The van der Waals surface area contributed by atoms with Crippen molar-refractivity contribution < 1.29 is 0 Å². The lowest BCUT2D eigenvalue weighted by Gasteiger charge is -2.46. The maximum atomic E-state index is 2.53. The molecule has 0 saturated carbocycles. The molecule has 0 N–H and O–H groups in total. The van der Waals surface area contributed by atoms with Gasteiger partial charge in [0.05, 0.1) is 28.4 Å². The van der Waals surface area contributed by atoms with Gasteiger partial charge >= 0.3 is 0 Å². The molecule has 2 aliphatic heterocycles. The fourth-order valence-electron chi connectivity index (χ4n) is 10.3. The second kappa shape index (κ2) is 15.1. The van der Waals surface area contributed by atoms with E-state index in [2.05, 4.69) is 249 Å². The topological polar surface area (TPSA) is 9.72 Å². The van der Waals surface area contributed by atoms with E-state index >= 15 is 0 Å². The lowest BCUT2D eigenvalue weighted by atomic mass is 9.74. The zero-order valence-electron chi connectivity index (χ0n) is 35.5. The summed E-state index contributed by atoms with van der Waals surface area (Å²) in [7, 11) is 0. The van der Waals surface area contributed by atoms with Crippen LogP contribution in [-0.4, -0.2) is 0 Å². The molecule has 62 heavy (non-hydrogen) atoms. The second-order valence-electron chi connectivity index (χ2n) is 16.8. The predicted molar refractivity (Wildman–Crippen MR) is 261 cm³/mol. The number of anilines is 9. The minimum atomic E-state index is -0.0279. The lowest BCUT2D eigenvalue weighted by Crippen LogP contribution is -2.30. The van der Waals surface area contributed by atoms with Crippen LogP contribution in [0.2, 0.25) is 0 Å². The van der Waals surface area contributed by atoms with Gasteiger partial charge in [-0.2, -0.15) is 0 Å². The fourth-order valence-corrected chi connectivity index (χ4v) is 10.3. The maximum absolute atomic E-state index is 2.53.